The van der Waals surface area contributed by atoms with Gasteiger partial charge in [-0.3, -0.25) is 10.2 Å². The highest BCUT2D eigenvalue weighted by atomic mass is 32.1. The number of hydrogen-bond donors (Lipinski definition) is 3. The van der Waals surface area contributed by atoms with E-state index in [0.717, 1.165) is 17.1 Å². The Hall–Kier alpha value is -3.13. The second-order valence-electron chi connectivity index (χ2n) is 6.54. The molecule has 0 aromatic heterocycles. The topological polar surface area (TPSA) is 82.7 Å². The molecule has 7 nitrogen and oxygen atoms in total. The smallest absolute Gasteiger partial charge is 0.344 e. The molecule has 0 saturated carbocycles. The lowest BCUT2D eigenvalue weighted by Crippen LogP contribution is -2.49. The van der Waals surface area contributed by atoms with Gasteiger partial charge in [0, 0.05) is 5.69 Å². The fourth-order valence-electron chi connectivity index (χ4n) is 2.95. The summed E-state index contributed by atoms with van der Waals surface area (Å²) in [5, 5.41) is 6.71. The average Bonchev–Trinajstić information content (AvgIpc) is 2.92. The quantitative estimate of drug-likeness (QED) is 0.531. The van der Waals surface area contributed by atoms with E-state index in [0.29, 0.717) is 11.3 Å². The van der Waals surface area contributed by atoms with E-state index in [4.69, 9.17) is 17.0 Å². The van der Waals surface area contributed by atoms with Crippen molar-refractivity contribution in [3.63, 3.8) is 0 Å². The van der Waals surface area contributed by atoms with Crippen LogP contribution in [0.5, 0.6) is 5.75 Å². The summed E-state index contributed by atoms with van der Waals surface area (Å²) in [6, 6.07) is 14.2. The largest absolute Gasteiger partial charge is 0.497 e. The molecule has 3 N–H and O–H groups in total. The van der Waals surface area contributed by atoms with Gasteiger partial charge in [-0.15, -0.1) is 0 Å². The first kappa shape index (κ1) is 19.6. The number of anilines is 1. The minimum atomic E-state index is -1.23. The third-order valence-electron chi connectivity index (χ3n) is 4.67. The number of carbonyl (C=O) groups is 2. The first-order valence-electron chi connectivity index (χ1n) is 8.85. The average molecular weight is 398 g/mol. The SMILES string of the molecule is CCc1ccc(NC(=S)NN2C(=O)N[C@@](C)(c3cccc(OC)c3)C2=O)cc1. The second kappa shape index (κ2) is 7.85. The number of amides is 3. The molecule has 2 aromatic rings. The monoisotopic (exact) mass is 398 g/mol. The maximum absolute atomic E-state index is 13.0. The van der Waals surface area contributed by atoms with Crippen LogP contribution in [0, 0.1) is 0 Å². The van der Waals surface area contributed by atoms with Crippen LogP contribution in [0.3, 0.4) is 0 Å². The number of hydrazine groups is 1. The van der Waals surface area contributed by atoms with Gasteiger partial charge in [-0.2, -0.15) is 5.01 Å². The van der Waals surface area contributed by atoms with Crippen molar-refractivity contribution in [1.82, 2.24) is 15.8 Å². The summed E-state index contributed by atoms with van der Waals surface area (Å²) in [5.74, 6) is 0.135. The van der Waals surface area contributed by atoms with E-state index >= 15 is 0 Å². The van der Waals surface area contributed by atoms with E-state index in [1.54, 1.807) is 38.3 Å². The van der Waals surface area contributed by atoms with Crippen LogP contribution in [-0.2, 0) is 16.8 Å². The van der Waals surface area contributed by atoms with Crippen LogP contribution in [0.4, 0.5) is 10.5 Å². The maximum atomic E-state index is 13.0. The Bertz CT molecular complexity index is 916. The van der Waals surface area contributed by atoms with Gasteiger partial charge >= 0.3 is 6.03 Å². The minimum absolute atomic E-state index is 0.141. The Morgan fingerprint density at radius 2 is 1.93 bits per heavy atom. The highest BCUT2D eigenvalue weighted by molar-refractivity contribution is 7.80. The normalized spacial score (nSPS) is 18.6. The van der Waals surface area contributed by atoms with E-state index in [-0.39, 0.29) is 5.11 Å². The lowest BCUT2D eigenvalue weighted by Gasteiger charge is -2.23. The number of urea groups is 1. The number of thiocarbonyl (C=S) groups is 1. The predicted molar refractivity (Wildman–Crippen MR) is 111 cm³/mol. The highest BCUT2D eigenvalue weighted by Gasteiger charge is 2.50. The van der Waals surface area contributed by atoms with Gasteiger partial charge in [-0.05, 0) is 61.0 Å². The Kier molecular flexibility index (Phi) is 5.51. The Labute approximate surface area is 169 Å². The van der Waals surface area contributed by atoms with E-state index in [1.165, 1.54) is 5.56 Å². The van der Waals surface area contributed by atoms with Gasteiger partial charge < -0.3 is 15.4 Å². The molecule has 28 heavy (non-hydrogen) atoms. The van der Waals surface area contributed by atoms with Gasteiger partial charge in [0.1, 0.15) is 11.3 Å². The van der Waals surface area contributed by atoms with Crippen molar-refractivity contribution >= 4 is 35.0 Å². The van der Waals surface area contributed by atoms with E-state index in [1.807, 2.05) is 24.3 Å². The van der Waals surface area contributed by atoms with Gasteiger partial charge in [0.2, 0.25) is 0 Å². The molecule has 1 aliphatic heterocycles. The number of hydrogen-bond acceptors (Lipinski definition) is 4. The van der Waals surface area contributed by atoms with Crippen molar-refractivity contribution in [2.24, 2.45) is 0 Å². The number of benzene rings is 2. The highest BCUT2D eigenvalue weighted by Crippen LogP contribution is 2.30. The van der Waals surface area contributed by atoms with Gasteiger partial charge in [-0.25, -0.2) is 4.79 Å². The Morgan fingerprint density at radius 3 is 2.57 bits per heavy atom. The molecule has 3 rings (SSSR count). The summed E-state index contributed by atoms with van der Waals surface area (Å²) in [7, 11) is 1.54. The van der Waals surface area contributed by atoms with Crippen molar-refractivity contribution in [2.45, 2.75) is 25.8 Å². The number of imide groups is 1. The summed E-state index contributed by atoms with van der Waals surface area (Å²) in [4.78, 5) is 25.4. The minimum Gasteiger partial charge on any atom is -0.497 e. The summed E-state index contributed by atoms with van der Waals surface area (Å²) in [6.07, 6.45) is 0.939. The Balaban J connectivity index is 1.73. The zero-order chi connectivity index (χ0) is 20.3. The third kappa shape index (κ3) is 3.77. The zero-order valence-corrected chi connectivity index (χ0v) is 16.7. The van der Waals surface area contributed by atoms with Gasteiger partial charge in [-0.1, -0.05) is 31.2 Å². The molecule has 1 aliphatic rings. The third-order valence-corrected chi connectivity index (χ3v) is 4.86. The van der Waals surface area contributed by atoms with Crippen LogP contribution in [-0.4, -0.2) is 29.2 Å². The van der Waals surface area contributed by atoms with Crippen LogP contribution in [0.25, 0.3) is 0 Å². The van der Waals surface area contributed by atoms with Crippen molar-refractivity contribution in [3.05, 3.63) is 59.7 Å². The standard InChI is InChI=1S/C20H22N4O3S/c1-4-13-8-10-15(11-9-13)21-18(28)23-24-17(25)20(2,22-19(24)26)14-6-5-7-16(12-14)27-3/h5-12H,4H2,1-3H3,(H,22,26)(H2,21,23,28)/t20-/m0/s1. The molecular weight excluding hydrogens is 376 g/mol. The number of nitrogens with zero attached hydrogens (tertiary/aromatic N) is 1. The van der Waals surface area contributed by atoms with E-state index in [9.17, 15) is 9.59 Å². The fourth-order valence-corrected chi connectivity index (χ4v) is 3.16. The zero-order valence-electron chi connectivity index (χ0n) is 15.9. The first-order chi connectivity index (χ1) is 13.4. The second-order valence-corrected chi connectivity index (χ2v) is 6.95. The fraction of sp³-hybridized carbons (Fsp3) is 0.250. The lowest BCUT2D eigenvalue weighted by atomic mass is 9.92. The number of ether oxygens (including phenoxy) is 1. The van der Waals surface area contributed by atoms with Crippen LogP contribution in [0.1, 0.15) is 25.0 Å². The van der Waals surface area contributed by atoms with Gasteiger partial charge in [0.15, 0.2) is 5.11 Å². The number of aryl methyl sites for hydroxylation is 1. The van der Waals surface area contributed by atoms with Crippen LogP contribution < -0.4 is 20.8 Å². The summed E-state index contributed by atoms with van der Waals surface area (Å²) in [5.41, 5.74) is 4.02. The van der Waals surface area contributed by atoms with Gasteiger partial charge in [0.05, 0.1) is 7.11 Å². The molecule has 2 aromatic carbocycles. The molecule has 1 fully saturated rings. The van der Waals surface area contributed by atoms with Crippen LogP contribution >= 0.6 is 12.2 Å². The summed E-state index contributed by atoms with van der Waals surface area (Å²) < 4.78 is 5.21. The van der Waals surface area contributed by atoms with Crippen molar-refractivity contribution in [2.75, 3.05) is 12.4 Å². The molecule has 146 valence electrons. The summed E-state index contributed by atoms with van der Waals surface area (Å²) in [6.45, 7) is 3.72. The number of nitrogens with one attached hydrogen (secondary N) is 3. The number of carbonyl (C=O) groups excluding carboxylic acids is 2. The molecule has 0 unspecified atom stereocenters. The van der Waals surface area contributed by atoms with Crippen molar-refractivity contribution in [3.8, 4) is 5.75 Å². The van der Waals surface area contributed by atoms with E-state index in [2.05, 4.69) is 23.0 Å². The van der Waals surface area contributed by atoms with Crippen molar-refractivity contribution in [1.29, 1.82) is 0 Å². The maximum Gasteiger partial charge on any atom is 0.344 e. The molecule has 0 bridgehead atoms. The lowest BCUT2D eigenvalue weighted by molar-refractivity contribution is -0.132. The summed E-state index contributed by atoms with van der Waals surface area (Å²) >= 11 is 5.25. The molecule has 0 spiro atoms. The number of methoxy groups -OCH3 is 1. The molecule has 1 heterocycles. The molecule has 0 radical (unpaired) electrons. The van der Waals surface area contributed by atoms with Gasteiger partial charge in [0.25, 0.3) is 5.91 Å². The molecule has 8 heteroatoms. The van der Waals surface area contributed by atoms with Crippen LogP contribution in [0.2, 0.25) is 0 Å². The predicted octanol–water partition coefficient (Wildman–Crippen LogP) is 2.93. The molecular formula is C20H22N4O3S. The van der Waals surface area contributed by atoms with Crippen molar-refractivity contribution < 1.29 is 14.3 Å². The van der Waals surface area contributed by atoms with E-state index < -0.39 is 17.5 Å². The molecule has 1 atom stereocenters. The molecule has 3 amide bonds. The first-order valence-corrected chi connectivity index (χ1v) is 9.26. The van der Waals surface area contributed by atoms with Crippen LogP contribution in [0.15, 0.2) is 48.5 Å². The number of rotatable bonds is 5. The Morgan fingerprint density at radius 1 is 1.21 bits per heavy atom. The molecule has 0 aliphatic carbocycles. The molecule has 1 saturated heterocycles.